The standard InChI is InChI=1S/C42H84O11/c1-3-5-7-9-11-13-15-17-19-21-23-44-24-25-45-26-27-46-28-29-47-30-31-48-32-33-49-34-35-50-36-37-51-38-39-52-40-41-53-42(43)22-20-18-16-14-12-10-8-6-4-2/h3-41H2,1-2H3. The number of rotatable bonds is 48. The summed E-state index contributed by atoms with van der Waals surface area (Å²) >= 11 is 0. The van der Waals surface area contributed by atoms with Gasteiger partial charge in [-0.05, 0) is 12.8 Å². The van der Waals surface area contributed by atoms with E-state index in [9.17, 15) is 4.79 Å². The fourth-order valence-electron chi connectivity index (χ4n) is 5.42. The van der Waals surface area contributed by atoms with Gasteiger partial charge in [0.05, 0.1) is 112 Å². The second-order valence-electron chi connectivity index (χ2n) is 13.5. The summed E-state index contributed by atoms with van der Waals surface area (Å²) in [6, 6.07) is 0. The molecule has 0 fully saturated rings. The van der Waals surface area contributed by atoms with Gasteiger partial charge in [0, 0.05) is 13.0 Å². The molecule has 0 aliphatic heterocycles. The van der Waals surface area contributed by atoms with Crippen molar-refractivity contribution in [3.05, 3.63) is 0 Å². The minimum atomic E-state index is -0.132. The van der Waals surface area contributed by atoms with Crippen LogP contribution in [0.2, 0.25) is 0 Å². The molecular formula is C42H84O11. The molecule has 11 heteroatoms. The highest BCUT2D eigenvalue weighted by Gasteiger charge is 2.03. The van der Waals surface area contributed by atoms with Crippen molar-refractivity contribution in [3.8, 4) is 0 Å². The number of carbonyl (C=O) groups excluding carboxylic acids is 1. The molecule has 0 aliphatic carbocycles. The molecule has 0 N–H and O–H groups in total. The molecule has 0 atom stereocenters. The van der Waals surface area contributed by atoms with Crippen LogP contribution in [-0.4, -0.2) is 132 Å². The summed E-state index contributed by atoms with van der Waals surface area (Å²) in [6.45, 7) is 14.5. The summed E-state index contributed by atoms with van der Waals surface area (Å²) in [5, 5.41) is 0. The Morgan fingerprint density at radius 2 is 0.491 bits per heavy atom. The predicted octanol–water partition coefficient (Wildman–Crippen LogP) is 8.52. The molecule has 0 unspecified atom stereocenters. The van der Waals surface area contributed by atoms with Crippen molar-refractivity contribution in [1.82, 2.24) is 0 Å². The van der Waals surface area contributed by atoms with Gasteiger partial charge in [0.25, 0.3) is 0 Å². The molecule has 0 saturated heterocycles. The van der Waals surface area contributed by atoms with E-state index in [1.165, 1.54) is 103 Å². The van der Waals surface area contributed by atoms with Gasteiger partial charge < -0.3 is 47.4 Å². The molecule has 53 heavy (non-hydrogen) atoms. The van der Waals surface area contributed by atoms with E-state index in [2.05, 4.69) is 13.8 Å². The molecule has 0 rings (SSSR count). The van der Waals surface area contributed by atoms with Crippen molar-refractivity contribution < 1.29 is 52.2 Å². The van der Waals surface area contributed by atoms with Gasteiger partial charge in [-0.25, -0.2) is 0 Å². The van der Waals surface area contributed by atoms with E-state index < -0.39 is 0 Å². The van der Waals surface area contributed by atoms with Crippen LogP contribution in [0.1, 0.15) is 142 Å². The Morgan fingerprint density at radius 1 is 0.264 bits per heavy atom. The third-order valence-corrected chi connectivity index (χ3v) is 8.59. The Balaban J connectivity index is 3.10. The highest BCUT2D eigenvalue weighted by Crippen LogP contribution is 2.11. The van der Waals surface area contributed by atoms with Crippen LogP contribution in [0.4, 0.5) is 0 Å². The molecule has 0 amide bonds. The van der Waals surface area contributed by atoms with Gasteiger partial charge in [0.2, 0.25) is 0 Å². The first-order valence-electron chi connectivity index (χ1n) is 21.7. The Labute approximate surface area is 325 Å². The zero-order valence-electron chi connectivity index (χ0n) is 34.6. The number of hydrogen-bond acceptors (Lipinski definition) is 11. The maximum atomic E-state index is 11.8. The monoisotopic (exact) mass is 765 g/mol. The third-order valence-electron chi connectivity index (χ3n) is 8.59. The van der Waals surface area contributed by atoms with Gasteiger partial charge in [-0.2, -0.15) is 0 Å². The fourth-order valence-corrected chi connectivity index (χ4v) is 5.42. The summed E-state index contributed by atoms with van der Waals surface area (Å²) in [5.41, 5.74) is 0. The number of hydrogen-bond donors (Lipinski definition) is 0. The lowest BCUT2D eigenvalue weighted by Crippen LogP contribution is -2.15. The van der Waals surface area contributed by atoms with Crippen LogP contribution in [0.25, 0.3) is 0 Å². The second-order valence-corrected chi connectivity index (χ2v) is 13.5. The fraction of sp³-hybridized carbons (Fsp3) is 0.976. The summed E-state index contributed by atoms with van der Waals surface area (Å²) < 4.78 is 55.0. The number of esters is 1. The highest BCUT2D eigenvalue weighted by molar-refractivity contribution is 5.69. The van der Waals surface area contributed by atoms with Crippen LogP contribution in [0.5, 0.6) is 0 Å². The first-order chi connectivity index (χ1) is 26.3. The van der Waals surface area contributed by atoms with E-state index in [1.807, 2.05) is 0 Å². The van der Waals surface area contributed by atoms with Crippen molar-refractivity contribution in [1.29, 1.82) is 0 Å². The molecule has 0 aromatic heterocycles. The van der Waals surface area contributed by atoms with E-state index in [1.54, 1.807) is 0 Å². The minimum Gasteiger partial charge on any atom is -0.463 e. The van der Waals surface area contributed by atoms with Gasteiger partial charge >= 0.3 is 5.97 Å². The lowest BCUT2D eigenvalue weighted by Gasteiger charge is -2.09. The molecule has 0 heterocycles. The maximum Gasteiger partial charge on any atom is 0.305 e. The van der Waals surface area contributed by atoms with Gasteiger partial charge in [-0.15, -0.1) is 0 Å². The summed E-state index contributed by atoms with van der Waals surface area (Å²) in [5.74, 6) is -0.132. The Bertz CT molecular complexity index is 671. The summed E-state index contributed by atoms with van der Waals surface area (Å²) in [7, 11) is 0. The van der Waals surface area contributed by atoms with Crippen molar-refractivity contribution in [2.75, 3.05) is 126 Å². The Morgan fingerprint density at radius 3 is 0.792 bits per heavy atom. The van der Waals surface area contributed by atoms with Crippen LogP contribution in [0.15, 0.2) is 0 Å². The SMILES string of the molecule is CCCCCCCCCCCCOCCOCCOCCOCCOCCOCCOCCOCCOCCOC(=O)CCCCCCCCCCC. The van der Waals surface area contributed by atoms with E-state index >= 15 is 0 Å². The van der Waals surface area contributed by atoms with Crippen molar-refractivity contribution in [2.24, 2.45) is 0 Å². The van der Waals surface area contributed by atoms with Crippen LogP contribution >= 0.6 is 0 Å². The molecule has 0 radical (unpaired) electrons. The largest absolute Gasteiger partial charge is 0.463 e. The molecule has 11 nitrogen and oxygen atoms in total. The van der Waals surface area contributed by atoms with Gasteiger partial charge in [0.1, 0.15) is 6.61 Å². The van der Waals surface area contributed by atoms with Crippen LogP contribution in [0, 0.1) is 0 Å². The quantitative estimate of drug-likeness (QED) is 0.0440. The second kappa shape index (κ2) is 49.1. The summed E-state index contributed by atoms with van der Waals surface area (Å²) in [6.07, 6.45) is 25.0. The molecule has 0 bridgehead atoms. The van der Waals surface area contributed by atoms with Crippen LogP contribution in [0.3, 0.4) is 0 Å². The molecule has 0 aliphatic rings. The molecular weight excluding hydrogens is 680 g/mol. The van der Waals surface area contributed by atoms with E-state index in [0.717, 1.165) is 25.9 Å². The van der Waals surface area contributed by atoms with Crippen LogP contribution < -0.4 is 0 Å². The lowest BCUT2D eigenvalue weighted by molar-refractivity contribution is -0.145. The zero-order chi connectivity index (χ0) is 38.2. The maximum absolute atomic E-state index is 11.8. The molecule has 0 saturated carbocycles. The van der Waals surface area contributed by atoms with Crippen molar-refractivity contribution in [3.63, 3.8) is 0 Å². The van der Waals surface area contributed by atoms with E-state index in [0.29, 0.717) is 125 Å². The number of unbranched alkanes of at least 4 members (excludes halogenated alkanes) is 17. The zero-order valence-corrected chi connectivity index (χ0v) is 34.6. The third kappa shape index (κ3) is 49.1. The molecule has 0 aromatic rings. The normalized spacial score (nSPS) is 11.5. The Kier molecular flexibility index (Phi) is 48.3. The lowest BCUT2D eigenvalue weighted by atomic mass is 10.1. The minimum absolute atomic E-state index is 0.132. The molecule has 0 aromatic carbocycles. The highest BCUT2D eigenvalue weighted by atomic mass is 16.6. The average molecular weight is 765 g/mol. The first-order valence-corrected chi connectivity index (χ1v) is 21.7. The predicted molar refractivity (Wildman–Crippen MR) is 212 cm³/mol. The average Bonchev–Trinajstić information content (AvgIpc) is 3.16. The van der Waals surface area contributed by atoms with E-state index in [4.69, 9.17) is 47.4 Å². The van der Waals surface area contributed by atoms with Crippen molar-refractivity contribution >= 4 is 5.97 Å². The summed E-state index contributed by atoms with van der Waals surface area (Å²) in [4.78, 5) is 11.8. The van der Waals surface area contributed by atoms with Crippen molar-refractivity contribution in [2.45, 2.75) is 142 Å². The van der Waals surface area contributed by atoms with Crippen LogP contribution in [-0.2, 0) is 52.2 Å². The van der Waals surface area contributed by atoms with Gasteiger partial charge in [0.15, 0.2) is 0 Å². The molecule has 0 spiro atoms. The number of ether oxygens (including phenoxy) is 10. The first kappa shape index (κ1) is 52.1. The molecule has 318 valence electrons. The van der Waals surface area contributed by atoms with Gasteiger partial charge in [-0.3, -0.25) is 4.79 Å². The van der Waals surface area contributed by atoms with Gasteiger partial charge in [-0.1, -0.05) is 123 Å². The Hall–Kier alpha value is -0.890. The topological polar surface area (TPSA) is 109 Å². The van der Waals surface area contributed by atoms with E-state index in [-0.39, 0.29) is 5.97 Å². The smallest absolute Gasteiger partial charge is 0.305 e. The number of carbonyl (C=O) groups is 1.